The number of amides is 1. The third-order valence-corrected chi connectivity index (χ3v) is 2.32. The van der Waals surface area contributed by atoms with Crippen molar-refractivity contribution in [2.75, 3.05) is 0 Å². The number of hydrogen-bond donors (Lipinski definition) is 1. The zero-order valence-corrected chi connectivity index (χ0v) is 8.98. The average Bonchev–Trinajstić information content (AvgIpc) is 2.77. The van der Waals surface area contributed by atoms with E-state index in [2.05, 4.69) is 4.98 Å². The minimum atomic E-state index is -4.48. The van der Waals surface area contributed by atoms with Gasteiger partial charge in [-0.15, -0.1) is 0 Å². The maximum atomic E-state index is 12.8. The number of imidazole rings is 1. The molecule has 0 aliphatic carbocycles. The number of carbonyl (C=O) groups is 1. The van der Waals surface area contributed by atoms with E-state index in [9.17, 15) is 18.0 Å². The highest BCUT2D eigenvalue weighted by molar-refractivity contribution is 5.90. The van der Waals surface area contributed by atoms with Crippen LogP contribution in [0.4, 0.5) is 13.2 Å². The van der Waals surface area contributed by atoms with E-state index < -0.39 is 17.6 Å². The Morgan fingerprint density at radius 1 is 1.28 bits per heavy atom. The molecule has 0 radical (unpaired) electrons. The number of benzene rings is 1. The third-order valence-electron chi connectivity index (χ3n) is 2.32. The Morgan fingerprint density at radius 3 is 2.50 bits per heavy atom. The number of nitrogens with two attached hydrogens (primary N) is 1. The van der Waals surface area contributed by atoms with Crippen LogP contribution < -0.4 is 5.73 Å². The molecule has 18 heavy (non-hydrogen) atoms. The highest BCUT2D eigenvalue weighted by Crippen LogP contribution is 2.33. The second-order valence-corrected chi connectivity index (χ2v) is 3.55. The van der Waals surface area contributed by atoms with Crippen molar-refractivity contribution in [2.24, 2.45) is 5.73 Å². The van der Waals surface area contributed by atoms with Gasteiger partial charge in [0.15, 0.2) is 0 Å². The monoisotopic (exact) mass is 255 g/mol. The van der Waals surface area contributed by atoms with Gasteiger partial charge in [0, 0.05) is 6.20 Å². The summed E-state index contributed by atoms with van der Waals surface area (Å²) in [5.41, 5.74) is 3.99. The molecule has 1 heterocycles. The zero-order chi connectivity index (χ0) is 13.3. The Kier molecular flexibility index (Phi) is 2.82. The summed E-state index contributed by atoms with van der Waals surface area (Å²) >= 11 is 0. The fourth-order valence-electron chi connectivity index (χ4n) is 1.52. The number of para-hydroxylation sites is 1. The van der Waals surface area contributed by atoms with Crippen LogP contribution in [0.3, 0.4) is 0 Å². The van der Waals surface area contributed by atoms with Gasteiger partial charge < -0.3 is 10.3 Å². The van der Waals surface area contributed by atoms with Crippen molar-refractivity contribution in [3.63, 3.8) is 0 Å². The van der Waals surface area contributed by atoms with Gasteiger partial charge in [0.1, 0.15) is 12.0 Å². The first-order valence-electron chi connectivity index (χ1n) is 4.90. The lowest BCUT2D eigenvalue weighted by atomic mass is 10.1. The first-order chi connectivity index (χ1) is 8.39. The van der Waals surface area contributed by atoms with Gasteiger partial charge in [0.05, 0.1) is 11.3 Å². The molecule has 2 aromatic rings. The number of halogens is 3. The molecule has 7 heteroatoms. The number of alkyl halides is 3. The lowest BCUT2D eigenvalue weighted by molar-refractivity contribution is -0.137. The zero-order valence-electron chi connectivity index (χ0n) is 8.98. The normalized spacial score (nSPS) is 11.5. The summed E-state index contributed by atoms with van der Waals surface area (Å²) in [5, 5.41) is 0. The SMILES string of the molecule is NC(=O)c1cn(-c2ccccc2C(F)(F)F)cn1. The lowest BCUT2D eigenvalue weighted by Crippen LogP contribution is -2.11. The van der Waals surface area contributed by atoms with E-state index in [4.69, 9.17) is 5.73 Å². The highest BCUT2D eigenvalue weighted by atomic mass is 19.4. The highest BCUT2D eigenvalue weighted by Gasteiger charge is 2.33. The van der Waals surface area contributed by atoms with E-state index >= 15 is 0 Å². The Bertz CT molecular complexity index is 589. The number of primary amides is 1. The van der Waals surface area contributed by atoms with Crippen molar-refractivity contribution in [1.29, 1.82) is 0 Å². The van der Waals surface area contributed by atoms with Crippen molar-refractivity contribution in [1.82, 2.24) is 9.55 Å². The van der Waals surface area contributed by atoms with Gasteiger partial charge in [-0.1, -0.05) is 12.1 Å². The first-order valence-corrected chi connectivity index (χ1v) is 4.90. The average molecular weight is 255 g/mol. The van der Waals surface area contributed by atoms with Crippen LogP contribution in [0.2, 0.25) is 0 Å². The van der Waals surface area contributed by atoms with Crippen molar-refractivity contribution in [3.05, 3.63) is 48.0 Å². The molecular formula is C11H8F3N3O. The largest absolute Gasteiger partial charge is 0.418 e. The minimum absolute atomic E-state index is 0.0908. The van der Waals surface area contributed by atoms with E-state index in [0.29, 0.717) is 0 Å². The summed E-state index contributed by atoms with van der Waals surface area (Å²) in [5.74, 6) is -0.793. The Hall–Kier alpha value is -2.31. The van der Waals surface area contributed by atoms with Gasteiger partial charge in [0.2, 0.25) is 0 Å². The molecule has 4 nitrogen and oxygen atoms in total. The van der Waals surface area contributed by atoms with Gasteiger partial charge >= 0.3 is 6.18 Å². The van der Waals surface area contributed by atoms with E-state index in [0.717, 1.165) is 23.2 Å². The Morgan fingerprint density at radius 2 is 1.94 bits per heavy atom. The molecule has 2 rings (SSSR count). The van der Waals surface area contributed by atoms with E-state index in [-0.39, 0.29) is 11.4 Å². The Balaban J connectivity index is 2.53. The molecule has 1 aromatic carbocycles. The van der Waals surface area contributed by atoms with Gasteiger partial charge in [-0.3, -0.25) is 4.79 Å². The first kappa shape index (κ1) is 12.2. The molecule has 2 N–H and O–H groups in total. The second kappa shape index (κ2) is 4.17. The Labute approximate surface area is 99.9 Å². The van der Waals surface area contributed by atoms with Crippen molar-refractivity contribution in [2.45, 2.75) is 6.18 Å². The summed E-state index contributed by atoms with van der Waals surface area (Å²) in [6, 6.07) is 5.00. The van der Waals surface area contributed by atoms with Crippen LogP contribution in [0.15, 0.2) is 36.8 Å². The van der Waals surface area contributed by atoms with Crippen LogP contribution in [0.5, 0.6) is 0 Å². The number of hydrogen-bond acceptors (Lipinski definition) is 2. The molecular weight excluding hydrogens is 247 g/mol. The molecule has 0 spiro atoms. The smallest absolute Gasteiger partial charge is 0.364 e. The quantitative estimate of drug-likeness (QED) is 0.892. The molecule has 1 amide bonds. The molecule has 0 unspecified atom stereocenters. The summed E-state index contributed by atoms with van der Waals surface area (Å²) in [6.07, 6.45) is -2.20. The molecule has 0 bridgehead atoms. The predicted molar refractivity (Wildman–Crippen MR) is 57.1 cm³/mol. The molecule has 0 aliphatic rings. The molecule has 0 saturated carbocycles. The van der Waals surface area contributed by atoms with Gasteiger partial charge in [-0.2, -0.15) is 13.2 Å². The van der Waals surface area contributed by atoms with Gasteiger partial charge in [0.25, 0.3) is 5.91 Å². The summed E-state index contributed by atoms with van der Waals surface area (Å²) in [4.78, 5) is 14.5. The lowest BCUT2D eigenvalue weighted by Gasteiger charge is -2.12. The van der Waals surface area contributed by atoms with Gasteiger partial charge in [-0.25, -0.2) is 4.98 Å². The molecule has 0 aliphatic heterocycles. The third kappa shape index (κ3) is 2.20. The van der Waals surface area contributed by atoms with Crippen LogP contribution in [-0.4, -0.2) is 15.5 Å². The second-order valence-electron chi connectivity index (χ2n) is 3.55. The molecule has 0 atom stereocenters. The van der Waals surface area contributed by atoms with E-state index in [1.165, 1.54) is 18.2 Å². The van der Waals surface area contributed by atoms with Crippen LogP contribution >= 0.6 is 0 Å². The maximum absolute atomic E-state index is 12.8. The summed E-state index contributed by atoms with van der Waals surface area (Å²) in [6.45, 7) is 0. The predicted octanol–water partition coefficient (Wildman–Crippen LogP) is 1.99. The molecule has 0 saturated heterocycles. The number of carbonyl (C=O) groups excluding carboxylic acids is 1. The fourth-order valence-corrected chi connectivity index (χ4v) is 1.52. The van der Waals surface area contributed by atoms with Crippen LogP contribution in [-0.2, 0) is 6.18 Å². The van der Waals surface area contributed by atoms with E-state index in [1.807, 2.05) is 0 Å². The molecule has 0 fully saturated rings. The van der Waals surface area contributed by atoms with Crippen molar-refractivity contribution >= 4 is 5.91 Å². The van der Waals surface area contributed by atoms with Gasteiger partial charge in [-0.05, 0) is 12.1 Å². The fraction of sp³-hybridized carbons (Fsp3) is 0.0909. The number of aromatic nitrogens is 2. The molecule has 1 aromatic heterocycles. The minimum Gasteiger partial charge on any atom is -0.364 e. The van der Waals surface area contributed by atoms with Crippen molar-refractivity contribution in [3.8, 4) is 5.69 Å². The summed E-state index contributed by atoms with van der Waals surface area (Å²) in [7, 11) is 0. The topological polar surface area (TPSA) is 60.9 Å². The maximum Gasteiger partial charge on any atom is 0.418 e. The van der Waals surface area contributed by atoms with E-state index in [1.54, 1.807) is 0 Å². The van der Waals surface area contributed by atoms with Crippen LogP contribution in [0.25, 0.3) is 5.69 Å². The van der Waals surface area contributed by atoms with Crippen LogP contribution in [0.1, 0.15) is 16.1 Å². The van der Waals surface area contributed by atoms with Crippen molar-refractivity contribution < 1.29 is 18.0 Å². The number of nitrogens with zero attached hydrogens (tertiary/aromatic N) is 2. The standard InChI is InChI=1S/C11H8F3N3O/c12-11(13,14)7-3-1-2-4-9(7)17-5-8(10(15)18)16-6-17/h1-6H,(H2,15,18). The molecule has 94 valence electrons. The summed E-state index contributed by atoms with van der Waals surface area (Å²) < 4.78 is 39.4. The van der Waals surface area contributed by atoms with Crippen LogP contribution in [0, 0.1) is 0 Å². The number of rotatable bonds is 2.